The first-order valence-corrected chi connectivity index (χ1v) is 5.65. The van der Waals surface area contributed by atoms with Crippen molar-refractivity contribution in [2.75, 3.05) is 0 Å². The molecule has 2 rings (SSSR count). The van der Waals surface area contributed by atoms with E-state index in [9.17, 15) is 4.79 Å². The summed E-state index contributed by atoms with van der Waals surface area (Å²) >= 11 is 6.01. The summed E-state index contributed by atoms with van der Waals surface area (Å²) in [5.74, 6) is -0.158. The number of nitrogens with zero attached hydrogens (tertiary/aromatic N) is 4. The molecule has 2 aromatic heterocycles. The van der Waals surface area contributed by atoms with Gasteiger partial charge in [0.15, 0.2) is 0 Å². The summed E-state index contributed by atoms with van der Waals surface area (Å²) in [4.78, 5) is 12.3. The van der Waals surface area contributed by atoms with Crippen LogP contribution in [0.15, 0.2) is 18.6 Å². The van der Waals surface area contributed by atoms with E-state index in [2.05, 4.69) is 10.2 Å². The van der Waals surface area contributed by atoms with Crippen molar-refractivity contribution in [2.45, 2.75) is 19.9 Å². The zero-order chi connectivity index (χ0) is 12.6. The van der Waals surface area contributed by atoms with Crippen LogP contribution in [-0.2, 0) is 7.05 Å². The number of hydrogen-bond donors (Lipinski definition) is 0. The van der Waals surface area contributed by atoms with E-state index in [-0.39, 0.29) is 11.8 Å². The molecular weight excluding hydrogens is 240 g/mol. The van der Waals surface area contributed by atoms with Gasteiger partial charge in [-0.3, -0.25) is 14.2 Å². The van der Waals surface area contributed by atoms with Gasteiger partial charge in [0.2, 0.25) is 5.78 Å². The SMILES string of the molecule is CC(C)n1ncc(Cl)c1C(=O)c1cnn(C)c1. The van der Waals surface area contributed by atoms with E-state index in [4.69, 9.17) is 11.6 Å². The fraction of sp³-hybridized carbons (Fsp3) is 0.364. The number of ketones is 1. The Labute approximate surface area is 104 Å². The summed E-state index contributed by atoms with van der Waals surface area (Å²) in [7, 11) is 1.76. The van der Waals surface area contributed by atoms with E-state index in [1.165, 1.54) is 12.4 Å². The monoisotopic (exact) mass is 252 g/mol. The fourth-order valence-corrected chi connectivity index (χ4v) is 1.84. The van der Waals surface area contributed by atoms with Crippen molar-refractivity contribution in [1.29, 1.82) is 0 Å². The molecule has 0 aliphatic carbocycles. The van der Waals surface area contributed by atoms with Gasteiger partial charge in [0.25, 0.3) is 0 Å². The molecule has 2 heterocycles. The lowest BCUT2D eigenvalue weighted by atomic mass is 10.1. The Balaban J connectivity index is 2.47. The van der Waals surface area contributed by atoms with E-state index >= 15 is 0 Å². The Bertz CT molecular complexity index is 556. The first-order valence-electron chi connectivity index (χ1n) is 5.27. The molecule has 0 amide bonds. The fourth-order valence-electron chi connectivity index (χ4n) is 1.62. The lowest BCUT2D eigenvalue weighted by Crippen LogP contribution is -2.13. The molecule has 0 saturated heterocycles. The molecule has 6 heteroatoms. The second-order valence-corrected chi connectivity index (χ2v) is 4.52. The van der Waals surface area contributed by atoms with Gasteiger partial charge in [-0.15, -0.1) is 0 Å². The minimum atomic E-state index is -0.158. The van der Waals surface area contributed by atoms with Gasteiger partial charge >= 0.3 is 0 Å². The Morgan fingerprint density at radius 2 is 2.06 bits per heavy atom. The second kappa shape index (κ2) is 4.33. The van der Waals surface area contributed by atoms with E-state index in [1.807, 2.05) is 13.8 Å². The lowest BCUT2D eigenvalue weighted by molar-refractivity contribution is 0.102. The number of rotatable bonds is 3. The Kier molecular flexibility index (Phi) is 3.02. The van der Waals surface area contributed by atoms with Crippen LogP contribution in [-0.4, -0.2) is 25.3 Å². The van der Waals surface area contributed by atoms with Crippen molar-refractivity contribution in [3.63, 3.8) is 0 Å². The van der Waals surface area contributed by atoms with Crippen LogP contribution < -0.4 is 0 Å². The molecular formula is C11H13ClN4O. The van der Waals surface area contributed by atoms with Crippen LogP contribution in [0.2, 0.25) is 5.02 Å². The zero-order valence-corrected chi connectivity index (χ0v) is 10.6. The Morgan fingerprint density at radius 1 is 1.35 bits per heavy atom. The summed E-state index contributed by atoms with van der Waals surface area (Å²) in [6.45, 7) is 3.90. The summed E-state index contributed by atoms with van der Waals surface area (Å²) < 4.78 is 3.20. The normalized spacial score (nSPS) is 11.1. The molecule has 0 unspecified atom stereocenters. The largest absolute Gasteiger partial charge is 0.287 e. The van der Waals surface area contributed by atoms with Crippen molar-refractivity contribution in [1.82, 2.24) is 19.6 Å². The highest BCUT2D eigenvalue weighted by molar-refractivity contribution is 6.34. The Hall–Kier alpha value is -1.62. The van der Waals surface area contributed by atoms with E-state index in [1.54, 1.807) is 22.6 Å². The lowest BCUT2D eigenvalue weighted by Gasteiger charge is -2.09. The molecule has 0 aliphatic rings. The molecule has 0 aliphatic heterocycles. The smallest absolute Gasteiger partial charge is 0.215 e. The summed E-state index contributed by atoms with van der Waals surface area (Å²) in [6.07, 6.45) is 4.68. The standard InChI is InChI=1S/C11H13ClN4O/c1-7(2)16-10(9(12)5-14-16)11(17)8-4-13-15(3)6-8/h4-7H,1-3H3. The van der Waals surface area contributed by atoms with Gasteiger partial charge in [-0.1, -0.05) is 11.6 Å². The molecule has 5 nitrogen and oxygen atoms in total. The number of aryl methyl sites for hydroxylation is 1. The summed E-state index contributed by atoms with van der Waals surface area (Å²) in [5.41, 5.74) is 0.923. The Morgan fingerprint density at radius 3 is 2.59 bits per heavy atom. The van der Waals surface area contributed by atoms with E-state index < -0.39 is 0 Å². The highest BCUT2D eigenvalue weighted by Crippen LogP contribution is 2.21. The van der Waals surface area contributed by atoms with Gasteiger partial charge in [0.05, 0.1) is 23.0 Å². The van der Waals surface area contributed by atoms with Gasteiger partial charge in [-0.05, 0) is 13.8 Å². The molecule has 0 aromatic carbocycles. The molecule has 0 N–H and O–H groups in total. The minimum absolute atomic E-state index is 0.0816. The molecule has 0 atom stereocenters. The minimum Gasteiger partial charge on any atom is -0.287 e. The van der Waals surface area contributed by atoms with Crippen LogP contribution in [0.25, 0.3) is 0 Å². The molecule has 0 fully saturated rings. The van der Waals surface area contributed by atoms with E-state index in [0.29, 0.717) is 16.3 Å². The molecule has 17 heavy (non-hydrogen) atoms. The third kappa shape index (κ3) is 2.10. The highest BCUT2D eigenvalue weighted by atomic mass is 35.5. The third-order valence-corrected chi connectivity index (χ3v) is 2.70. The van der Waals surface area contributed by atoms with Crippen molar-refractivity contribution >= 4 is 17.4 Å². The maximum absolute atomic E-state index is 12.3. The molecule has 0 bridgehead atoms. The average Bonchev–Trinajstić information content (AvgIpc) is 2.83. The first-order chi connectivity index (χ1) is 8.00. The molecule has 0 saturated carbocycles. The number of carbonyl (C=O) groups excluding carboxylic acids is 1. The van der Waals surface area contributed by atoms with Crippen molar-refractivity contribution in [3.8, 4) is 0 Å². The van der Waals surface area contributed by atoms with Crippen LogP contribution in [0, 0.1) is 0 Å². The molecule has 90 valence electrons. The highest BCUT2D eigenvalue weighted by Gasteiger charge is 2.21. The number of carbonyl (C=O) groups is 1. The van der Waals surface area contributed by atoms with Crippen molar-refractivity contribution in [3.05, 3.63) is 34.9 Å². The molecule has 0 spiro atoms. The predicted molar refractivity (Wildman–Crippen MR) is 64.3 cm³/mol. The van der Waals surface area contributed by atoms with Gasteiger partial charge in [0, 0.05) is 19.3 Å². The van der Waals surface area contributed by atoms with Gasteiger partial charge in [0.1, 0.15) is 5.69 Å². The van der Waals surface area contributed by atoms with Crippen molar-refractivity contribution in [2.24, 2.45) is 7.05 Å². The van der Waals surface area contributed by atoms with Gasteiger partial charge < -0.3 is 0 Å². The van der Waals surface area contributed by atoms with Crippen LogP contribution in [0.4, 0.5) is 0 Å². The number of hydrogen-bond acceptors (Lipinski definition) is 3. The van der Waals surface area contributed by atoms with Crippen LogP contribution in [0.3, 0.4) is 0 Å². The first kappa shape index (κ1) is 11.9. The number of aromatic nitrogens is 4. The third-order valence-electron chi connectivity index (χ3n) is 2.42. The van der Waals surface area contributed by atoms with Crippen molar-refractivity contribution < 1.29 is 4.79 Å². The average molecular weight is 253 g/mol. The van der Waals surface area contributed by atoms with Crippen LogP contribution >= 0.6 is 11.6 Å². The second-order valence-electron chi connectivity index (χ2n) is 4.11. The topological polar surface area (TPSA) is 52.7 Å². The summed E-state index contributed by atoms with van der Waals surface area (Å²) in [5, 5.41) is 8.45. The molecule has 0 radical (unpaired) electrons. The van der Waals surface area contributed by atoms with E-state index in [0.717, 1.165) is 0 Å². The maximum Gasteiger partial charge on any atom is 0.215 e. The van der Waals surface area contributed by atoms with Gasteiger partial charge in [-0.2, -0.15) is 10.2 Å². The predicted octanol–water partition coefficient (Wildman–Crippen LogP) is 2.08. The summed E-state index contributed by atoms with van der Waals surface area (Å²) in [6, 6.07) is 0.0816. The molecule has 2 aromatic rings. The van der Waals surface area contributed by atoms with Crippen LogP contribution in [0.5, 0.6) is 0 Å². The number of halogens is 1. The maximum atomic E-state index is 12.3. The van der Waals surface area contributed by atoms with Gasteiger partial charge in [-0.25, -0.2) is 0 Å². The van der Waals surface area contributed by atoms with Crippen LogP contribution in [0.1, 0.15) is 35.9 Å². The zero-order valence-electron chi connectivity index (χ0n) is 9.88. The quantitative estimate of drug-likeness (QED) is 0.786.